The summed E-state index contributed by atoms with van der Waals surface area (Å²) in [5.41, 5.74) is 1.14. The van der Waals surface area contributed by atoms with E-state index in [-0.39, 0.29) is 22.5 Å². The molecule has 0 unspecified atom stereocenters. The molecular formula is C15H10N4O3. The van der Waals surface area contributed by atoms with Gasteiger partial charge in [0.2, 0.25) is 11.3 Å². The predicted octanol–water partition coefficient (Wildman–Crippen LogP) is 2.13. The van der Waals surface area contributed by atoms with Crippen molar-refractivity contribution in [3.8, 4) is 17.0 Å². The minimum atomic E-state index is -0.337. The largest absolute Gasteiger partial charge is 0.497 e. The van der Waals surface area contributed by atoms with E-state index in [4.69, 9.17) is 4.74 Å². The van der Waals surface area contributed by atoms with Gasteiger partial charge in [0.15, 0.2) is 0 Å². The quantitative estimate of drug-likeness (QED) is 0.608. The summed E-state index contributed by atoms with van der Waals surface area (Å²) in [6.45, 7) is 0. The molecule has 0 aliphatic heterocycles. The molecule has 0 radical (unpaired) electrons. The number of benzene rings is 2. The van der Waals surface area contributed by atoms with E-state index in [1.807, 2.05) is 36.4 Å². The van der Waals surface area contributed by atoms with E-state index in [9.17, 15) is 4.79 Å². The van der Waals surface area contributed by atoms with Crippen LogP contribution in [0.5, 0.6) is 5.75 Å². The third-order valence-electron chi connectivity index (χ3n) is 3.46. The van der Waals surface area contributed by atoms with Gasteiger partial charge in [-0.3, -0.25) is 9.78 Å². The summed E-state index contributed by atoms with van der Waals surface area (Å²) in [5.74, 6) is 0.784. The minimum absolute atomic E-state index is 0.235. The van der Waals surface area contributed by atoms with E-state index in [1.54, 1.807) is 7.11 Å². The zero-order valence-corrected chi connectivity index (χ0v) is 11.5. The molecule has 7 nitrogen and oxygen atoms in total. The third kappa shape index (κ3) is 1.91. The minimum Gasteiger partial charge on any atom is -0.497 e. The summed E-state index contributed by atoms with van der Waals surface area (Å²) in [6, 6.07) is 11.4. The lowest BCUT2D eigenvalue weighted by Crippen LogP contribution is -2.11. The van der Waals surface area contributed by atoms with Crippen molar-refractivity contribution < 1.29 is 9.37 Å². The number of nitrogens with zero attached hydrogens (tertiary/aromatic N) is 3. The van der Waals surface area contributed by atoms with Crippen LogP contribution >= 0.6 is 0 Å². The lowest BCUT2D eigenvalue weighted by molar-refractivity contribution is 0.314. The van der Waals surface area contributed by atoms with Gasteiger partial charge in [0.05, 0.1) is 7.11 Å². The lowest BCUT2D eigenvalue weighted by Gasteiger charge is -2.05. The van der Waals surface area contributed by atoms with Crippen LogP contribution in [0.2, 0.25) is 0 Å². The molecule has 0 saturated heterocycles. The Labute approximate surface area is 123 Å². The number of rotatable bonds is 2. The van der Waals surface area contributed by atoms with E-state index < -0.39 is 0 Å². The van der Waals surface area contributed by atoms with E-state index >= 15 is 0 Å². The Kier molecular flexibility index (Phi) is 2.65. The molecule has 1 N–H and O–H groups in total. The summed E-state index contributed by atoms with van der Waals surface area (Å²) >= 11 is 0. The normalized spacial score (nSPS) is 11.1. The molecule has 0 amide bonds. The molecule has 0 aliphatic carbocycles. The Morgan fingerprint density at radius 2 is 1.91 bits per heavy atom. The van der Waals surface area contributed by atoms with Crippen LogP contribution in [0.4, 0.5) is 0 Å². The molecular weight excluding hydrogens is 284 g/mol. The van der Waals surface area contributed by atoms with Gasteiger partial charge in [-0.15, -0.1) is 0 Å². The molecule has 0 bridgehead atoms. The van der Waals surface area contributed by atoms with E-state index in [0.717, 1.165) is 16.5 Å². The van der Waals surface area contributed by atoms with Crippen LogP contribution in [0.15, 0.2) is 45.8 Å². The van der Waals surface area contributed by atoms with Gasteiger partial charge in [0, 0.05) is 5.56 Å². The van der Waals surface area contributed by atoms with Crippen LogP contribution in [0.1, 0.15) is 0 Å². The fourth-order valence-electron chi connectivity index (χ4n) is 2.35. The molecule has 22 heavy (non-hydrogen) atoms. The summed E-state index contributed by atoms with van der Waals surface area (Å²) in [4.78, 5) is 18.9. The first-order valence-corrected chi connectivity index (χ1v) is 6.55. The van der Waals surface area contributed by atoms with Crippen molar-refractivity contribution in [1.29, 1.82) is 0 Å². The molecule has 108 valence electrons. The topological polar surface area (TPSA) is 93.9 Å². The fraction of sp³-hybridized carbons (Fsp3) is 0.0667. The Balaban J connectivity index is 1.92. The van der Waals surface area contributed by atoms with Crippen LogP contribution in [-0.4, -0.2) is 27.4 Å². The maximum Gasteiger partial charge on any atom is 0.276 e. The second-order valence-corrected chi connectivity index (χ2v) is 4.78. The van der Waals surface area contributed by atoms with Crippen molar-refractivity contribution in [3.05, 3.63) is 46.8 Å². The molecule has 0 spiro atoms. The zero-order chi connectivity index (χ0) is 15.1. The summed E-state index contributed by atoms with van der Waals surface area (Å²) in [5, 5.41) is 9.21. The van der Waals surface area contributed by atoms with Crippen molar-refractivity contribution in [1.82, 2.24) is 20.3 Å². The van der Waals surface area contributed by atoms with Gasteiger partial charge in [-0.2, -0.15) is 0 Å². The average Bonchev–Trinajstić information content (AvgIpc) is 3.00. The number of nitrogens with one attached hydrogen (secondary N) is 1. The highest BCUT2D eigenvalue weighted by Crippen LogP contribution is 2.25. The van der Waals surface area contributed by atoms with E-state index in [0.29, 0.717) is 5.56 Å². The smallest absolute Gasteiger partial charge is 0.276 e. The molecule has 0 aliphatic rings. The maximum absolute atomic E-state index is 12.1. The summed E-state index contributed by atoms with van der Waals surface area (Å²) in [7, 11) is 1.63. The van der Waals surface area contributed by atoms with Crippen molar-refractivity contribution in [3.63, 3.8) is 0 Å². The maximum atomic E-state index is 12.1. The highest BCUT2D eigenvalue weighted by Gasteiger charge is 2.11. The molecule has 2 heterocycles. The number of H-pyrrole nitrogens is 1. The van der Waals surface area contributed by atoms with Crippen LogP contribution in [-0.2, 0) is 0 Å². The number of ether oxygens (including phenoxy) is 1. The molecule has 7 heteroatoms. The number of aromatic amines is 1. The van der Waals surface area contributed by atoms with Gasteiger partial charge >= 0.3 is 0 Å². The van der Waals surface area contributed by atoms with Gasteiger partial charge in [0.25, 0.3) is 5.56 Å². The lowest BCUT2D eigenvalue weighted by atomic mass is 10.0. The van der Waals surface area contributed by atoms with Crippen molar-refractivity contribution in [2.45, 2.75) is 0 Å². The Hall–Kier alpha value is -3.22. The summed E-state index contributed by atoms with van der Waals surface area (Å²) in [6.07, 6.45) is 0. The van der Waals surface area contributed by atoms with Crippen molar-refractivity contribution >= 4 is 22.1 Å². The Morgan fingerprint density at radius 3 is 2.77 bits per heavy atom. The average molecular weight is 294 g/mol. The first-order chi connectivity index (χ1) is 10.7. The molecule has 4 aromatic rings. The second kappa shape index (κ2) is 4.66. The van der Waals surface area contributed by atoms with Gasteiger partial charge < -0.3 is 4.74 Å². The first-order valence-electron chi connectivity index (χ1n) is 6.55. The second-order valence-electron chi connectivity index (χ2n) is 4.78. The Morgan fingerprint density at radius 1 is 1.09 bits per heavy atom. The van der Waals surface area contributed by atoms with Crippen LogP contribution in [0.25, 0.3) is 33.3 Å². The SMILES string of the molecule is COc1ccc2cc(-c3nc4nonc4[nH]c3=O)ccc2c1. The van der Waals surface area contributed by atoms with E-state index in [2.05, 4.69) is 24.9 Å². The third-order valence-corrected chi connectivity index (χ3v) is 3.46. The van der Waals surface area contributed by atoms with Gasteiger partial charge in [-0.1, -0.05) is 18.2 Å². The molecule has 2 aromatic heterocycles. The first kappa shape index (κ1) is 12.5. The molecule has 0 saturated carbocycles. The summed E-state index contributed by atoms with van der Waals surface area (Å²) < 4.78 is 9.76. The molecule has 0 atom stereocenters. The van der Waals surface area contributed by atoms with Crippen LogP contribution < -0.4 is 10.3 Å². The van der Waals surface area contributed by atoms with Crippen LogP contribution in [0, 0.1) is 0 Å². The van der Waals surface area contributed by atoms with Crippen molar-refractivity contribution in [2.75, 3.05) is 7.11 Å². The fourth-order valence-corrected chi connectivity index (χ4v) is 2.35. The van der Waals surface area contributed by atoms with Gasteiger partial charge in [-0.05, 0) is 39.3 Å². The predicted molar refractivity (Wildman–Crippen MR) is 79.7 cm³/mol. The van der Waals surface area contributed by atoms with Gasteiger partial charge in [-0.25, -0.2) is 9.61 Å². The monoisotopic (exact) mass is 294 g/mol. The molecule has 2 aromatic carbocycles. The Bertz CT molecular complexity index is 1050. The number of hydrogen-bond donors (Lipinski definition) is 1. The molecule has 4 rings (SSSR count). The number of aromatic nitrogens is 4. The highest BCUT2D eigenvalue weighted by molar-refractivity contribution is 5.88. The number of hydrogen-bond acceptors (Lipinski definition) is 6. The number of fused-ring (bicyclic) bond motifs is 2. The highest BCUT2D eigenvalue weighted by atomic mass is 16.6. The zero-order valence-electron chi connectivity index (χ0n) is 11.5. The number of methoxy groups -OCH3 is 1. The van der Waals surface area contributed by atoms with Crippen molar-refractivity contribution in [2.24, 2.45) is 0 Å². The standard InChI is InChI=1S/C15H10N4O3/c1-21-11-5-4-8-6-10(3-2-9(8)7-11)12-15(20)17-14-13(16-12)18-22-19-14/h2-7H,1H3,(H,17,19,20). The van der Waals surface area contributed by atoms with Crippen LogP contribution in [0.3, 0.4) is 0 Å². The molecule has 0 fully saturated rings. The van der Waals surface area contributed by atoms with E-state index in [1.165, 1.54) is 0 Å². The van der Waals surface area contributed by atoms with Gasteiger partial charge in [0.1, 0.15) is 11.4 Å².